The first-order chi connectivity index (χ1) is 13.7. The first-order valence-corrected chi connectivity index (χ1v) is 11.1. The van der Waals surface area contributed by atoms with Crippen molar-refractivity contribution in [2.45, 2.75) is 50.7 Å². The van der Waals surface area contributed by atoms with Crippen molar-refractivity contribution in [2.75, 3.05) is 46.5 Å². The van der Waals surface area contributed by atoms with Crippen LogP contribution in [0.3, 0.4) is 0 Å². The maximum atomic E-state index is 13.7. The topological polar surface area (TPSA) is 62.2 Å². The number of carbonyl (C=O) groups is 1. The molecule has 0 spiro atoms. The fourth-order valence-electron chi connectivity index (χ4n) is 4.34. The molecule has 0 aliphatic carbocycles. The zero-order valence-corrected chi connectivity index (χ0v) is 19.5. The summed E-state index contributed by atoms with van der Waals surface area (Å²) < 4.78 is 11.6. The lowest BCUT2D eigenvalue weighted by molar-refractivity contribution is -0.148. The Morgan fingerprint density at radius 1 is 1.21 bits per heavy atom. The summed E-state index contributed by atoms with van der Waals surface area (Å²) in [6.45, 7) is 10.6. The molecule has 1 unspecified atom stereocenters. The van der Waals surface area contributed by atoms with Crippen LogP contribution >= 0.6 is 15.9 Å². The Labute approximate surface area is 182 Å². The van der Waals surface area contributed by atoms with Crippen LogP contribution in [0.2, 0.25) is 0 Å². The van der Waals surface area contributed by atoms with Crippen LogP contribution in [-0.4, -0.2) is 78.5 Å². The second kappa shape index (κ2) is 8.92. The Hall–Kier alpha value is -1.15. The average molecular weight is 469 g/mol. The highest BCUT2D eigenvalue weighted by molar-refractivity contribution is 9.10. The molecule has 0 aromatic heterocycles. The Balaban J connectivity index is 1.87. The van der Waals surface area contributed by atoms with Gasteiger partial charge in [0.2, 0.25) is 5.91 Å². The van der Waals surface area contributed by atoms with Gasteiger partial charge in [-0.3, -0.25) is 9.69 Å². The monoisotopic (exact) mass is 468 g/mol. The summed E-state index contributed by atoms with van der Waals surface area (Å²) in [6.07, 6.45) is 0.907. The minimum atomic E-state index is -1.11. The van der Waals surface area contributed by atoms with Crippen LogP contribution in [0, 0.1) is 0 Å². The number of hydrogen-bond donors (Lipinski definition) is 1. The smallest absolute Gasteiger partial charge is 0.233 e. The third kappa shape index (κ3) is 4.95. The molecule has 2 aliphatic rings. The number of rotatable bonds is 4. The first kappa shape index (κ1) is 22.5. The van der Waals surface area contributed by atoms with E-state index >= 15 is 0 Å². The summed E-state index contributed by atoms with van der Waals surface area (Å²) in [5.74, 6) is 0.0903. The highest BCUT2D eigenvalue weighted by Gasteiger charge is 2.46. The van der Waals surface area contributed by atoms with Gasteiger partial charge in [0.1, 0.15) is 5.75 Å². The van der Waals surface area contributed by atoms with E-state index in [-0.39, 0.29) is 11.4 Å². The van der Waals surface area contributed by atoms with E-state index in [9.17, 15) is 9.90 Å². The number of benzene rings is 1. The number of halogens is 1. The summed E-state index contributed by atoms with van der Waals surface area (Å²) in [4.78, 5) is 18.0. The molecule has 3 rings (SSSR count). The maximum absolute atomic E-state index is 13.7. The predicted octanol–water partition coefficient (Wildman–Crippen LogP) is 3.03. The molecule has 29 heavy (non-hydrogen) atoms. The summed E-state index contributed by atoms with van der Waals surface area (Å²) >= 11 is 3.53. The van der Waals surface area contributed by atoms with E-state index in [4.69, 9.17) is 9.47 Å². The van der Waals surface area contributed by atoms with Crippen molar-refractivity contribution in [1.82, 2.24) is 9.80 Å². The van der Waals surface area contributed by atoms with Crippen LogP contribution in [0.5, 0.6) is 5.75 Å². The summed E-state index contributed by atoms with van der Waals surface area (Å²) in [5, 5.41) is 11.5. The molecule has 6 nitrogen and oxygen atoms in total. The van der Waals surface area contributed by atoms with Gasteiger partial charge < -0.3 is 19.5 Å². The molecule has 2 heterocycles. The van der Waals surface area contributed by atoms with Crippen LogP contribution in [-0.2, 0) is 9.53 Å². The number of piperazine rings is 1. The Morgan fingerprint density at radius 2 is 1.83 bits per heavy atom. The minimum Gasteiger partial charge on any atom is -0.496 e. The summed E-state index contributed by atoms with van der Waals surface area (Å²) in [7, 11) is 1.61. The summed E-state index contributed by atoms with van der Waals surface area (Å²) in [5.41, 5.74) is -0.205. The molecular weight excluding hydrogens is 436 g/mol. The molecule has 7 heteroatoms. The molecule has 1 N–H and O–H groups in total. The zero-order valence-electron chi connectivity index (χ0n) is 17.9. The number of ether oxygens (including phenoxy) is 2. The molecule has 2 aliphatic heterocycles. The number of nitrogens with zero attached hydrogens (tertiary/aromatic N) is 2. The second-order valence-electron chi connectivity index (χ2n) is 9.03. The Kier molecular flexibility index (Phi) is 6.93. The number of amides is 1. The number of aliphatic hydroxyl groups is 1. The molecule has 2 saturated heterocycles. The largest absolute Gasteiger partial charge is 0.496 e. The van der Waals surface area contributed by atoms with Gasteiger partial charge in [-0.25, -0.2) is 0 Å². The van der Waals surface area contributed by atoms with Gasteiger partial charge >= 0.3 is 0 Å². The third-order valence-electron chi connectivity index (χ3n) is 6.19. The number of carbonyl (C=O) groups excluding carboxylic acids is 1. The van der Waals surface area contributed by atoms with Crippen molar-refractivity contribution in [1.29, 1.82) is 0 Å². The van der Waals surface area contributed by atoms with Gasteiger partial charge in [-0.15, -0.1) is 0 Å². The van der Waals surface area contributed by atoms with Gasteiger partial charge in [-0.05, 0) is 54.4 Å². The molecule has 1 aromatic carbocycles. The van der Waals surface area contributed by atoms with Crippen molar-refractivity contribution in [2.24, 2.45) is 0 Å². The SMILES string of the molecule is COc1ccc(C(C(=O)N2CCN(C(C)(C)C)CC2)C2(O)CCOCC2)cc1Br. The van der Waals surface area contributed by atoms with Gasteiger partial charge in [-0.1, -0.05) is 6.07 Å². The van der Waals surface area contributed by atoms with Crippen LogP contribution < -0.4 is 4.74 Å². The van der Waals surface area contributed by atoms with E-state index in [0.29, 0.717) is 44.9 Å². The molecule has 1 amide bonds. The lowest BCUT2D eigenvalue weighted by atomic mass is 9.76. The van der Waals surface area contributed by atoms with Gasteiger partial charge in [0, 0.05) is 57.8 Å². The number of hydrogen-bond acceptors (Lipinski definition) is 5. The van der Waals surface area contributed by atoms with Crippen LogP contribution in [0.4, 0.5) is 0 Å². The Morgan fingerprint density at radius 3 is 2.34 bits per heavy atom. The van der Waals surface area contributed by atoms with Crippen molar-refractivity contribution in [3.8, 4) is 5.75 Å². The first-order valence-electron chi connectivity index (χ1n) is 10.3. The highest BCUT2D eigenvalue weighted by atomic mass is 79.9. The molecule has 162 valence electrons. The zero-order chi connectivity index (χ0) is 21.2. The van der Waals surface area contributed by atoms with Crippen LogP contribution in [0.15, 0.2) is 22.7 Å². The van der Waals surface area contributed by atoms with E-state index in [2.05, 4.69) is 41.6 Å². The van der Waals surface area contributed by atoms with Gasteiger partial charge in [0.05, 0.1) is 23.1 Å². The molecule has 1 aromatic rings. The van der Waals surface area contributed by atoms with E-state index in [1.807, 2.05) is 23.1 Å². The standard InChI is InChI=1S/C22H33BrN2O4/c1-21(2,3)25-11-9-24(10-12-25)20(26)19(22(27)7-13-29-14-8-22)16-5-6-18(28-4)17(23)15-16/h5-6,15,19,27H,7-14H2,1-4H3. The van der Waals surface area contributed by atoms with Crippen molar-refractivity contribution in [3.05, 3.63) is 28.2 Å². The molecule has 0 saturated carbocycles. The molecule has 0 bridgehead atoms. The lowest BCUT2D eigenvalue weighted by Crippen LogP contribution is -2.57. The van der Waals surface area contributed by atoms with Crippen molar-refractivity contribution >= 4 is 21.8 Å². The normalized spacial score (nSPS) is 21.7. The molecule has 0 radical (unpaired) electrons. The van der Waals surface area contributed by atoms with E-state index in [1.165, 1.54) is 0 Å². The maximum Gasteiger partial charge on any atom is 0.233 e. The fraction of sp³-hybridized carbons (Fsp3) is 0.682. The molecule has 1 atom stereocenters. The Bertz CT molecular complexity index is 720. The second-order valence-corrected chi connectivity index (χ2v) is 9.88. The van der Waals surface area contributed by atoms with Gasteiger partial charge in [-0.2, -0.15) is 0 Å². The summed E-state index contributed by atoms with van der Waals surface area (Å²) in [6, 6.07) is 5.64. The predicted molar refractivity (Wildman–Crippen MR) is 116 cm³/mol. The highest BCUT2D eigenvalue weighted by Crippen LogP contribution is 2.40. The van der Waals surface area contributed by atoms with Crippen LogP contribution in [0.1, 0.15) is 45.1 Å². The van der Waals surface area contributed by atoms with Crippen molar-refractivity contribution < 1.29 is 19.4 Å². The molecular formula is C22H33BrN2O4. The van der Waals surface area contributed by atoms with E-state index in [1.54, 1.807) is 7.11 Å². The van der Waals surface area contributed by atoms with E-state index in [0.717, 1.165) is 23.1 Å². The quantitative estimate of drug-likeness (QED) is 0.735. The van der Waals surface area contributed by atoms with Gasteiger partial charge in [0.15, 0.2) is 0 Å². The average Bonchev–Trinajstić information content (AvgIpc) is 2.68. The van der Waals surface area contributed by atoms with Crippen molar-refractivity contribution in [3.63, 3.8) is 0 Å². The fourth-order valence-corrected chi connectivity index (χ4v) is 4.90. The van der Waals surface area contributed by atoms with E-state index < -0.39 is 11.5 Å². The number of methoxy groups -OCH3 is 1. The van der Waals surface area contributed by atoms with Crippen LogP contribution in [0.25, 0.3) is 0 Å². The lowest BCUT2D eigenvalue weighted by Gasteiger charge is -2.45. The molecule has 2 fully saturated rings. The minimum absolute atomic E-state index is 0.0000241. The third-order valence-corrected chi connectivity index (χ3v) is 6.81. The van der Waals surface area contributed by atoms with Gasteiger partial charge in [0.25, 0.3) is 0 Å².